The fourth-order valence-electron chi connectivity index (χ4n) is 6.42. The van der Waals surface area contributed by atoms with Gasteiger partial charge in [0.15, 0.2) is 17.5 Å². The molecule has 0 fully saturated rings. The molecule has 4 heteroatoms. The lowest BCUT2D eigenvalue weighted by Gasteiger charge is -2.11. The van der Waals surface area contributed by atoms with Crippen LogP contribution in [0.15, 0.2) is 168 Å². The van der Waals surface area contributed by atoms with Crippen molar-refractivity contribution in [3.63, 3.8) is 0 Å². The van der Waals surface area contributed by atoms with Gasteiger partial charge < -0.3 is 4.42 Å². The second kappa shape index (κ2) is 11.2. The maximum absolute atomic E-state index is 6.83. The van der Waals surface area contributed by atoms with Crippen LogP contribution in [0.2, 0.25) is 0 Å². The summed E-state index contributed by atoms with van der Waals surface area (Å²) in [7, 11) is 0. The van der Waals surface area contributed by atoms with Crippen LogP contribution < -0.4 is 0 Å². The molecule has 0 atom stereocenters. The largest absolute Gasteiger partial charge is 0.455 e. The summed E-state index contributed by atoms with van der Waals surface area (Å²) in [6.07, 6.45) is 0. The number of aromatic nitrogens is 3. The van der Waals surface area contributed by atoms with E-state index < -0.39 is 0 Å². The van der Waals surface area contributed by atoms with E-state index in [1.165, 1.54) is 5.56 Å². The molecule has 4 nitrogen and oxygen atoms in total. The van der Waals surface area contributed by atoms with Gasteiger partial charge in [-0.15, -0.1) is 0 Å². The Morgan fingerprint density at radius 3 is 1.53 bits per heavy atom. The zero-order chi connectivity index (χ0) is 31.2. The fraction of sp³-hybridized carbons (Fsp3) is 0. The average molecular weight is 602 g/mol. The van der Waals surface area contributed by atoms with Crippen LogP contribution in [0, 0.1) is 0 Å². The number of nitrogens with zero attached hydrogens (tertiary/aromatic N) is 3. The number of hydrogen-bond acceptors (Lipinski definition) is 4. The maximum Gasteiger partial charge on any atom is 0.164 e. The summed E-state index contributed by atoms with van der Waals surface area (Å²) in [5, 5.41) is 4.23. The van der Waals surface area contributed by atoms with Crippen LogP contribution in [-0.4, -0.2) is 15.0 Å². The minimum Gasteiger partial charge on any atom is -0.455 e. The van der Waals surface area contributed by atoms with Crippen molar-refractivity contribution in [2.75, 3.05) is 0 Å². The molecule has 2 aromatic heterocycles. The second-order valence-corrected chi connectivity index (χ2v) is 11.6. The first kappa shape index (κ1) is 27.0. The summed E-state index contributed by atoms with van der Waals surface area (Å²) >= 11 is 0. The summed E-state index contributed by atoms with van der Waals surface area (Å²) < 4.78 is 6.83. The second-order valence-electron chi connectivity index (χ2n) is 11.6. The van der Waals surface area contributed by atoms with Crippen molar-refractivity contribution >= 4 is 32.7 Å². The summed E-state index contributed by atoms with van der Waals surface area (Å²) in [6, 6.07) is 56.2. The molecule has 0 aliphatic rings. The lowest BCUT2D eigenvalue weighted by molar-refractivity contribution is 0.674. The molecule has 2 heterocycles. The highest BCUT2D eigenvalue weighted by Gasteiger charge is 2.21. The van der Waals surface area contributed by atoms with Gasteiger partial charge in [-0.25, -0.2) is 15.0 Å². The van der Waals surface area contributed by atoms with Gasteiger partial charge >= 0.3 is 0 Å². The third kappa shape index (κ3) is 4.75. The van der Waals surface area contributed by atoms with Crippen LogP contribution in [-0.2, 0) is 0 Å². The summed E-state index contributed by atoms with van der Waals surface area (Å²) in [5.74, 6) is 1.84. The smallest absolute Gasteiger partial charge is 0.164 e. The molecular formula is C43H27N3O. The Morgan fingerprint density at radius 2 is 0.830 bits per heavy atom. The van der Waals surface area contributed by atoms with Gasteiger partial charge in [-0.3, -0.25) is 0 Å². The van der Waals surface area contributed by atoms with Crippen molar-refractivity contribution in [1.82, 2.24) is 15.0 Å². The van der Waals surface area contributed by atoms with Crippen molar-refractivity contribution in [3.05, 3.63) is 164 Å². The quantitative estimate of drug-likeness (QED) is 0.197. The van der Waals surface area contributed by atoms with Crippen LogP contribution in [0.4, 0.5) is 0 Å². The van der Waals surface area contributed by atoms with E-state index >= 15 is 0 Å². The van der Waals surface area contributed by atoms with Gasteiger partial charge in [0.2, 0.25) is 0 Å². The normalized spacial score (nSPS) is 11.4. The summed E-state index contributed by atoms with van der Waals surface area (Å²) in [5.41, 5.74) is 8.85. The first-order chi connectivity index (χ1) is 23.3. The lowest BCUT2D eigenvalue weighted by atomic mass is 9.97. The molecule has 0 aliphatic heterocycles. The highest BCUT2D eigenvalue weighted by molar-refractivity contribution is 6.21. The first-order valence-electron chi connectivity index (χ1n) is 15.7. The van der Waals surface area contributed by atoms with Gasteiger partial charge in [-0.1, -0.05) is 146 Å². The van der Waals surface area contributed by atoms with E-state index in [0.29, 0.717) is 17.5 Å². The van der Waals surface area contributed by atoms with Gasteiger partial charge in [0.1, 0.15) is 11.2 Å². The Kier molecular flexibility index (Phi) is 6.43. The molecule has 0 N–H and O–H groups in total. The van der Waals surface area contributed by atoms with Gasteiger partial charge in [-0.05, 0) is 40.3 Å². The highest BCUT2D eigenvalue weighted by atomic mass is 16.3. The minimum atomic E-state index is 0.599. The van der Waals surface area contributed by atoms with E-state index in [1.807, 2.05) is 42.5 Å². The van der Waals surface area contributed by atoms with Gasteiger partial charge in [0.05, 0.1) is 0 Å². The van der Waals surface area contributed by atoms with Crippen LogP contribution in [0.1, 0.15) is 0 Å². The number of hydrogen-bond donors (Lipinski definition) is 0. The predicted molar refractivity (Wildman–Crippen MR) is 192 cm³/mol. The topological polar surface area (TPSA) is 51.8 Å². The van der Waals surface area contributed by atoms with Crippen molar-refractivity contribution < 1.29 is 4.42 Å². The van der Waals surface area contributed by atoms with E-state index in [4.69, 9.17) is 19.4 Å². The van der Waals surface area contributed by atoms with E-state index in [2.05, 4.69) is 121 Å². The molecular weight excluding hydrogens is 574 g/mol. The van der Waals surface area contributed by atoms with Crippen molar-refractivity contribution in [3.8, 4) is 56.4 Å². The molecule has 7 aromatic carbocycles. The van der Waals surface area contributed by atoms with E-state index in [-0.39, 0.29) is 0 Å². The van der Waals surface area contributed by atoms with E-state index in [9.17, 15) is 0 Å². The molecule has 9 rings (SSSR count). The molecule has 0 unspecified atom stereocenters. The van der Waals surface area contributed by atoms with Crippen molar-refractivity contribution in [1.29, 1.82) is 0 Å². The molecule has 0 bridgehead atoms. The Morgan fingerprint density at radius 1 is 0.319 bits per heavy atom. The first-order valence-corrected chi connectivity index (χ1v) is 15.7. The van der Waals surface area contributed by atoms with E-state index in [1.54, 1.807) is 0 Å². The summed E-state index contributed by atoms with van der Waals surface area (Å²) in [4.78, 5) is 15.2. The monoisotopic (exact) mass is 601 g/mol. The zero-order valence-corrected chi connectivity index (χ0v) is 25.3. The number of furan rings is 1. The van der Waals surface area contributed by atoms with Gasteiger partial charge in [0, 0.05) is 38.4 Å². The zero-order valence-electron chi connectivity index (χ0n) is 25.3. The molecule has 220 valence electrons. The molecule has 47 heavy (non-hydrogen) atoms. The Bertz CT molecular complexity index is 2540. The van der Waals surface area contributed by atoms with Crippen LogP contribution in [0.25, 0.3) is 89.1 Å². The molecule has 0 saturated heterocycles. The maximum atomic E-state index is 6.83. The third-order valence-electron chi connectivity index (χ3n) is 8.75. The van der Waals surface area contributed by atoms with E-state index in [0.717, 1.165) is 66.1 Å². The third-order valence-corrected chi connectivity index (χ3v) is 8.75. The molecule has 0 aliphatic carbocycles. The Balaban J connectivity index is 1.30. The Labute approximate surface area is 271 Å². The van der Waals surface area contributed by atoms with Gasteiger partial charge in [-0.2, -0.15) is 0 Å². The van der Waals surface area contributed by atoms with Crippen LogP contribution >= 0.6 is 0 Å². The SMILES string of the molecule is c1ccc(-c2ccc(-c3nc(-c4ccccc4)nc(-c4ccc(-c5ccccc5)c5oc6c7ccccc7ccc6c45)n3)cc2)cc1. The molecule has 0 saturated carbocycles. The minimum absolute atomic E-state index is 0.599. The number of rotatable bonds is 5. The molecule has 9 aromatic rings. The highest BCUT2D eigenvalue weighted by Crippen LogP contribution is 2.43. The Hall–Kier alpha value is -6.39. The van der Waals surface area contributed by atoms with Crippen molar-refractivity contribution in [2.24, 2.45) is 0 Å². The lowest BCUT2D eigenvalue weighted by Crippen LogP contribution is -2.00. The summed E-state index contributed by atoms with van der Waals surface area (Å²) in [6.45, 7) is 0. The van der Waals surface area contributed by atoms with Crippen LogP contribution in [0.5, 0.6) is 0 Å². The standard InChI is InChI=1S/C43H27N3O/c1-4-12-28(13-5-1)29-20-22-33(23-21-29)42-44-41(32-17-8-3-9-18-32)45-43(46-42)37-27-26-35(30-14-6-2-7-15-30)40-38(37)36-25-24-31-16-10-11-19-34(31)39(36)47-40/h1-27H. The van der Waals surface area contributed by atoms with Crippen molar-refractivity contribution in [2.45, 2.75) is 0 Å². The number of benzene rings is 7. The van der Waals surface area contributed by atoms with Crippen LogP contribution in [0.3, 0.4) is 0 Å². The molecule has 0 radical (unpaired) electrons. The number of fused-ring (bicyclic) bond motifs is 5. The molecule has 0 spiro atoms. The average Bonchev–Trinajstić information content (AvgIpc) is 3.56. The fourth-order valence-corrected chi connectivity index (χ4v) is 6.42. The predicted octanol–water partition coefficient (Wildman–Crippen LogP) is 11.3. The van der Waals surface area contributed by atoms with Gasteiger partial charge in [0.25, 0.3) is 0 Å². The molecule has 0 amide bonds.